The first-order chi connectivity index (χ1) is 16.5. The number of fused-ring (bicyclic) bond motifs is 1. The molecule has 0 aromatic carbocycles. The van der Waals surface area contributed by atoms with Crippen molar-refractivity contribution in [1.29, 1.82) is 0 Å². The number of carbonyl (C=O) groups is 4. The summed E-state index contributed by atoms with van der Waals surface area (Å²) in [5.74, 6) is -0.0771. The number of likely N-dealkylation sites (tertiary alicyclic amines) is 1. The number of ether oxygens (including phenoxy) is 2. The minimum absolute atomic E-state index is 0.00556. The molecule has 0 spiro atoms. The van der Waals surface area contributed by atoms with Crippen LogP contribution >= 0.6 is 0 Å². The molecule has 11 nitrogen and oxygen atoms in total. The topological polar surface area (TPSA) is 114 Å². The number of imidazole rings is 1. The van der Waals surface area contributed by atoms with Crippen LogP contribution in [0.2, 0.25) is 0 Å². The highest BCUT2D eigenvalue weighted by atomic mass is 16.6. The Labute approximate surface area is 206 Å². The molecular formula is C24H37N5O6. The molecule has 0 bridgehead atoms. The molecule has 1 aromatic rings. The lowest BCUT2D eigenvalue weighted by Crippen LogP contribution is -2.48. The molecule has 0 aliphatic carbocycles. The number of piperidine rings is 1. The summed E-state index contributed by atoms with van der Waals surface area (Å²) >= 11 is 0. The second-order valence-electron chi connectivity index (χ2n) is 10.1. The quantitative estimate of drug-likeness (QED) is 0.514. The van der Waals surface area contributed by atoms with Gasteiger partial charge in [-0.25, -0.2) is 19.1 Å². The summed E-state index contributed by atoms with van der Waals surface area (Å²) in [6.45, 7) is 9.10. The third-order valence-electron chi connectivity index (χ3n) is 6.14. The van der Waals surface area contributed by atoms with E-state index in [0.717, 1.165) is 12.1 Å². The molecule has 0 N–H and O–H groups in total. The van der Waals surface area contributed by atoms with Gasteiger partial charge in [0.1, 0.15) is 12.2 Å². The summed E-state index contributed by atoms with van der Waals surface area (Å²) in [7, 11) is 1.66. The van der Waals surface area contributed by atoms with Crippen molar-refractivity contribution in [2.75, 3.05) is 26.7 Å². The Balaban J connectivity index is 1.49. The van der Waals surface area contributed by atoms with E-state index in [1.807, 2.05) is 27.7 Å². The van der Waals surface area contributed by atoms with E-state index >= 15 is 0 Å². The Morgan fingerprint density at radius 3 is 2.49 bits per heavy atom. The van der Waals surface area contributed by atoms with Crippen molar-refractivity contribution < 1.29 is 28.7 Å². The van der Waals surface area contributed by atoms with Crippen molar-refractivity contribution in [2.45, 2.75) is 84.6 Å². The Kier molecular flexibility index (Phi) is 8.39. The fraction of sp³-hybridized carbons (Fsp3) is 0.708. The fourth-order valence-corrected chi connectivity index (χ4v) is 4.22. The summed E-state index contributed by atoms with van der Waals surface area (Å²) in [5, 5.41) is 0. The number of aromatic nitrogens is 2. The van der Waals surface area contributed by atoms with Crippen LogP contribution in [0.3, 0.4) is 0 Å². The number of rotatable bonds is 8. The zero-order chi connectivity index (χ0) is 25.8. The molecule has 3 heterocycles. The van der Waals surface area contributed by atoms with Crippen molar-refractivity contribution in [2.24, 2.45) is 0 Å². The van der Waals surface area contributed by atoms with Crippen molar-refractivity contribution in [3.05, 3.63) is 17.7 Å². The van der Waals surface area contributed by atoms with Crippen LogP contribution in [0.25, 0.3) is 0 Å². The van der Waals surface area contributed by atoms with Gasteiger partial charge in [-0.15, -0.1) is 0 Å². The highest BCUT2D eigenvalue weighted by molar-refractivity contribution is 5.81. The minimum atomic E-state index is -0.544. The Morgan fingerprint density at radius 1 is 1.17 bits per heavy atom. The SMILES string of the molecule is CCCC(=O)N(C)CCC(=O)OCc1ncc2n1C(=O)N(C1CCN(C(=O)OC(C)(C)C)CC1)C2. The minimum Gasteiger partial charge on any atom is -0.457 e. The maximum atomic E-state index is 13.1. The second kappa shape index (κ2) is 11.1. The van der Waals surface area contributed by atoms with E-state index in [0.29, 0.717) is 44.7 Å². The number of hydrogen-bond acceptors (Lipinski definition) is 7. The predicted molar refractivity (Wildman–Crippen MR) is 126 cm³/mol. The molecule has 0 saturated carbocycles. The Bertz CT molecular complexity index is 945. The van der Waals surface area contributed by atoms with Crippen LogP contribution in [0.4, 0.5) is 9.59 Å². The van der Waals surface area contributed by atoms with Crippen LogP contribution in [0.15, 0.2) is 6.20 Å². The van der Waals surface area contributed by atoms with E-state index in [-0.39, 0.29) is 43.6 Å². The third kappa shape index (κ3) is 6.73. The third-order valence-corrected chi connectivity index (χ3v) is 6.14. The molecule has 0 radical (unpaired) electrons. The Morgan fingerprint density at radius 2 is 1.86 bits per heavy atom. The molecule has 1 saturated heterocycles. The smallest absolute Gasteiger partial charge is 0.410 e. The van der Waals surface area contributed by atoms with Crippen LogP contribution < -0.4 is 0 Å². The number of nitrogens with zero attached hydrogens (tertiary/aromatic N) is 5. The van der Waals surface area contributed by atoms with Gasteiger partial charge in [-0.05, 0) is 40.0 Å². The van der Waals surface area contributed by atoms with E-state index in [1.54, 1.807) is 23.0 Å². The number of carbonyl (C=O) groups excluding carboxylic acids is 4. The molecule has 1 fully saturated rings. The molecule has 3 amide bonds. The van der Waals surface area contributed by atoms with Gasteiger partial charge in [0.25, 0.3) is 0 Å². The van der Waals surface area contributed by atoms with Crippen LogP contribution in [-0.2, 0) is 32.2 Å². The van der Waals surface area contributed by atoms with Crippen molar-refractivity contribution in [3.63, 3.8) is 0 Å². The van der Waals surface area contributed by atoms with E-state index in [9.17, 15) is 19.2 Å². The van der Waals surface area contributed by atoms with Crippen LogP contribution in [-0.4, -0.2) is 86.6 Å². The molecule has 3 rings (SSSR count). The van der Waals surface area contributed by atoms with E-state index in [4.69, 9.17) is 9.47 Å². The van der Waals surface area contributed by atoms with Gasteiger partial charge >= 0.3 is 18.1 Å². The number of esters is 1. The van der Waals surface area contributed by atoms with Crippen molar-refractivity contribution >= 4 is 24.0 Å². The van der Waals surface area contributed by atoms with Crippen LogP contribution in [0, 0.1) is 0 Å². The molecule has 1 aromatic heterocycles. The van der Waals surface area contributed by atoms with E-state index in [1.165, 1.54) is 9.47 Å². The lowest BCUT2D eigenvalue weighted by Gasteiger charge is -2.36. The van der Waals surface area contributed by atoms with Crippen molar-refractivity contribution in [1.82, 2.24) is 24.3 Å². The maximum Gasteiger partial charge on any atom is 0.410 e. The first kappa shape index (κ1) is 26.5. The monoisotopic (exact) mass is 491 g/mol. The normalized spacial score (nSPS) is 16.3. The zero-order valence-corrected chi connectivity index (χ0v) is 21.4. The number of amides is 3. The van der Waals surface area contributed by atoms with E-state index < -0.39 is 11.6 Å². The zero-order valence-electron chi connectivity index (χ0n) is 21.4. The molecule has 194 valence electrons. The molecule has 0 atom stereocenters. The lowest BCUT2D eigenvalue weighted by molar-refractivity contribution is -0.146. The molecule has 35 heavy (non-hydrogen) atoms. The first-order valence-electron chi connectivity index (χ1n) is 12.2. The summed E-state index contributed by atoms with van der Waals surface area (Å²) < 4.78 is 12.3. The van der Waals surface area contributed by atoms with Gasteiger partial charge in [0, 0.05) is 39.1 Å². The van der Waals surface area contributed by atoms with Gasteiger partial charge in [0.2, 0.25) is 5.91 Å². The maximum absolute atomic E-state index is 13.1. The van der Waals surface area contributed by atoms with Gasteiger partial charge in [-0.2, -0.15) is 0 Å². The average molecular weight is 492 g/mol. The van der Waals surface area contributed by atoms with Crippen LogP contribution in [0.1, 0.15) is 71.3 Å². The van der Waals surface area contributed by atoms with Gasteiger partial charge in [-0.1, -0.05) is 6.92 Å². The summed E-state index contributed by atoms with van der Waals surface area (Å²) in [6.07, 6.45) is 3.92. The highest BCUT2D eigenvalue weighted by Gasteiger charge is 2.37. The highest BCUT2D eigenvalue weighted by Crippen LogP contribution is 2.27. The summed E-state index contributed by atoms with van der Waals surface area (Å²) in [6, 6.07) is -0.183. The van der Waals surface area contributed by atoms with Crippen LogP contribution in [0.5, 0.6) is 0 Å². The average Bonchev–Trinajstić information content (AvgIpc) is 3.35. The number of hydrogen-bond donors (Lipinski definition) is 0. The van der Waals surface area contributed by atoms with E-state index in [2.05, 4.69) is 4.98 Å². The molecule has 2 aliphatic rings. The standard InChI is InChI=1S/C24H37N5O6/c1-6-7-20(30)26(5)11-10-21(31)34-16-19-25-14-18-15-28(22(32)29(18)19)17-8-12-27(13-9-17)23(33)35-24(2,3)4/h14,17H,6-13,15-16H2,1-5H3. The molecule has 11 heteroatoms. The van der Waals surface area contributed by atoms with Gasteiger partial charge in [0.15, 0.2) is 5.82 Å². The van der Waals surface area contributed by atoms with Gasteiger partial charge in [-0.3, -0.25) is 9.59 Å². The Hall–Kier alpha value is -3.11. The summed E-state index contributed by atoms with van der Waals surface area (Å²) in [5.41, 5.74) is 0.206. The molecule has 0 unspecified atom stereocenters. The largest absolute Gasteiger partial charge is 0.457 e. The lowest BCUT2D eigenvalue weighted by atomic mass is 10.0. The van der Waals surface area contributed by atoms with Gasteiger partial charge in [0.05, 0.1) is 24.9 Å². The fourth-order valence-electron chi connectivity index (χ4n) is 4.22. The molecular weight excluding hydrogens is 454 g/mol. The predicted octanol–water partition coefficient (Wildman–Crippen LogP) is 2.76. The molecule has 2 aliphatic heterocycles. The summed E-state index contributed by atoms with van der Waals surface area (Å²) in [4.78, 5) is 58.7. The van der Waals surface area contributed by atoms with Gasteiger partial charge < -0.3 is 24.2 Å². The second-order valence-corrected chi connectivity index (χ2v) is 10.1. The van der Waals surface area contributed by atoms with Crippen molar-refractivity contribution in [3.8, 4) is 0 Å². The first-order valence-corrected chi connectivity index (χ1v) is 12.2.